The van der Waals surface area contributed by atoms with Crippen LogP contribution in [-0.2, 0) is 19.1 Å². The van der Waals surface area contributed by atoms with Crippen LogP contribution in [-0.4, -0.2) is 42.5 Å². The lowest BCUT2D eigenvalue weighted by Gasteiger charge is -2.26. The normalized spacial score (nSPS) is 15.2. The first kappa shape index (κ1) is 32.0. The molecule has 0 unspecified atom stereocenters. The molecule has 0 aliphatic carbocycles. The number of aromatic nitrogens is 1. The Balaban J connectivity index is 1.89. The minimum atomic E-state index is -5.02. The van der Waals surface area contributed by atoms with Crippen molar-refractivity contribution < 1.29 is 37.0 Å². The molecular weight excluding hydrogens is 733 g/mol. The highest BCUT2D eigenvalue weighted by molar-refractivity contribution is 9.11. The number of carbonyl (C=O) groups excluding carboxylic acids is 2. The number of allylic oxidation sites excluding steroid dienone is 1. The molecule has 2 heterocycles. The van der Waals surface area contributed by atoms with Gasteiger partial charge in [0, 0.05) is 5.02 Å². The van der Waals surface area contributed by atoms with Crippen molar-refractivity contribution in [3.8, 4) is 5.75 Å². The smallest absolute Gasteiger partial charge is 0.434 e. The van der Waals surface area contributed by atoms with Crippen LogP contribution in [0.15, 0.2) is 66.4 Å². The molecule has 1 aliphatic rings. The van der Waals surface area contributed by atoms with Gasteiger partial charge in [-0.25, -0.2) is 14.6 Å². The van der Waals surface area contributed by atoms with Gasteiger partial charge in [-0.15, -0.1) is 0 Å². The summed E-state index contributed by atoms with van der Waals surface area (Å²) in [5.74, 6) is -1.50. The van der Waals surface area contributed by atoms with E-state index >= 15 is 0 Å². The van der Waals surface area contributed by atoms with Gasteiger partial charge in [0.05, 0.1) is 38.3 Å². The Morgan fingerprint density at radius 3 is 2.29 bits per heavy atom. The summed E-state index contributed by atoms with van der Waals surface area (Å²) in [7, 11) is 0. The molecule has 0 radical (unpaired) electrons. The summed E-state index contributed by atoms with van der Waals surface area (Å²) in [6, 6.07) is 7.50. The molecule has 2 aromatic carbocycles. The molecule has 1 aromatic heterocycles. The maximum absolute atomic E-state index is 14.3. The number of thiazole rings is 1. The number of ether oxygens (including phenoxy) is 3. The van der Waals surface area contributed by atoms with E-state index in [0.29, 0.717) is 25.3 Å². The molecule has 222 valence electrons. The van der Waals surface area contributed by atoms with Gasteiger partial charge in [-0.2, -0.15) is 13.2 Å². The van der Waals surface area contributed by atoms with Crippen molar-refractivity contribution in [3.63, 3.8) is 0 Å². The highest BCUT2D eigenvalue weighted by Crippen LogP contribution is 2.39. The third-order valence-corrected chi connectivity index (χ3v) is 8.15. The Bertz CT molecular complexity index is 1730. The summed E-state index contributed by atoms with van der Waals surface area (Å²) in [6.45, 7) is 2.81. The standard InChI is InChI=1S/C27H20Br2ClF3N2O6S/c1-3-39-19(36)12-41-22-16(28)9-13(10-17(22)29)11-18-24(37)35-21(14-5-7-15(30)8-6-14)20(25(38)40-4-2)23(27(31,32)33)34-26(35)42-18/h5-11,21H,3-4,12H2,1-2H3/b18-11-/t21-/m1/s1. The zero-order valence-electron chi connectivity index (χ0n) is 21.8. The molecule has 42 heavy (non-hydrogen) atoms. The summed E-state index contributed by atoms with van der Waals surface area (Å²) in [4.78, 5) is 41.8. The Labute approximate surface area is 262 Å². The minimum absolute atomic E-state index is 0.0540. The summed E-state index contributed by atoms with van der Waals surface area (Å²) < 4.78 is 60.1. The molecule has 1 aliphatic heterocycles. The number of alkyl halides is 3. The second kappa shape index (κ2) is 13.1. The SMILES string of the molecule is CCOC(=O)COc1c(Br)cc(/C=c2\sc3n(c2=O)[C@H](c2ccc(Cl)cc2)C(C(=O)OCC)=C(C(F)(F)F)N=3)cc1Br. The molecular formula is C27H20Br2ClF3N2O6S. The molecule has 0 spiro atoms. The van der Waals surface area contributed by atoms with Crippen LogP contribution in [0.4, 0.5) is 13.2 Å². The number of nitrogens with zero attached hydrogens (tertiary/aromatic N) is 2. The second-order valence-electron chi connectivity index (χ2n) is 8.52. The lowest BCUT2D eigenvalue weighted by atomic mass is 9.95. The van der Waals surface area contributed by atoms with Gasteiger partial charge in [-0.3, -0.25) is 9.36 Å². The number of hydrogen-bond acceptors (Lipinski definition) is 8. The molecule has 4 rings (SSSR count). The third-order valence-electron chi connectivity index (χ3n) is 5.74. The van der Waals surface area contributed by atoms with Crippen molar-refractivity contribution in [2.75, 3.05) is 19.8 Å². The Morgan fingerprint density at radius 1 is 1.10 bits per heavy atom. The molecule has 0 N–H and O–H groups in total. The highest BCUT2D eigenvalue weighted by atomic mass is 79.9. The first-order valence-corrected chi connectivity index (χ1v) is 15.0. The van der Waals surface area contributed by atoms with Gasteiger partial charge in [0.25, 0.3) is 5.56 Å². The molecule has 0 saturated carbocycles. The molecule has 0 bridgehead atoms. The van der Waals surface area contributed by atoms with Crippen LogP contribution in [0.3, 0.4) is 0 Å². The van der Waals surface area contributed by atoms with Gasteiger partial charge in [-0.05, 0) is 87.2 Å². The van der Waals surface area contributed by atoms with E-state index in [1.807, 2.05) is 0 Å². The number of carbonyl (C=O) groups is 2. The quantitative estimate of drug-likeness (QED) is 0.284. The zero-order valence-corrected chi connectivity index (χ0v) is 26.5. The van der Waals surface area contributed by atoms with Crippen LogP contribution >= 0.6 is 54.8 Å². The number of hydrogen-bond donors (Lipinski definition) is 0. The summed E-state index contributed by atoms with van der Waals surface area (Å²) in [6.07, 6.45) is -3.55. The number of halogens is 6. The van der Waals surface area contributed by atoms with Crippen molar-refractivity contribution >= 4 is 72.8 Å². The fourth-order valence-corrected chi connectivity index (χ4v) is 6.66. The molecule has 15 heteroatoms. The third kappa shape index (κ3) is 6.82. The van der Waals surface area contributed by atoms with Crippen LogP contribution < -0.4 is 19.6 Å². The van der Waals surface area contributed by atoms with E-state index in [4.69, 9.17) is 25.8 Å². The van der Waals surface area contributed by atoms with E-state index in [0.717, 1.165) is 15.9 Å². The summed E-state index contributed by atoms with van der Waals surface area (Å²) in [5, 5.41) is 0.315. The highest BCUT2D eigenvalue weighted by Gasteiger charge is 2.45. The molecule has 0 saturated heterocycles. The van der Waals surface area contributed by atoms with Gasteiger partial charge in [-0.1, -0.05) is 35.1 Å². The van der Waals surface area contributed by atoms with E-state index < -0.39 is 41.0 Å². The van der Waals surface area contributed by atoms with Gasteiger partial charge in [0.1, 0.15) is 5.75 Å². The molecule has 0 fully saturated rings. The topological polar surface area (TPSA) is 96.2 Å². The van der Waals surface area contributed by atoms with Crippen molar-refractivity contribution in [1.82, 2.24) is 4.57 Å². The van der Waals surface area contributed by atoms with E-state index in [2.05, 4.69) is 36.9 Å². The van der Waals surface area contributed by atoms with Crippen molar-refractivity contribution in [1.29, 1.82) is 0 Å². The van der Waals surface area contributed by atoms with E-state index in [1.165, 1.54) is 37.3 Å². The minimum Gasteiger partial charge on any atom is -0.480 e. The summed E-state index contributed by atoms with van der Waals surface area (Å²) in [5.41, 5.74) is -2.23. The first-order chi connectivity index (χ1) is 19.8. The number of rotatable bonds is 8. The fourth-order valence-electron chi connectivity index (χ4n) is 4.09. The maximum Gasteiger partial charge on any atom is 0.434 e. The maximum atomic E-state index is 14.3. The second-order valence-corrected chi connectivity index (χ2v) is 11.7. The van der Waals surface area contributed by atoms with Crippen LogP contribution in [0.25, 0.3) is 6.08 Å². The summed E-state index contributed by atoms with van der Waals surface area (Å²) >= 11 is 13.5. The largest absolute Gasteiger partial charge is 0.480 e. The lowest BCUT2D eigenvalue weighted by Crippen LogP contribution is -2.41. The monoisotopic (exact) mass is 750 g/mol. The molecule has 8 nitrogen and oxygen atoms in total. The predicted octanol–water partition coefficient (Wildman–Crippen LogP) is 5.46. The Morgan fingerprint density at radius 2 is 1.71 bits per heavy atom. The van der Waals surface area contributed by atoms with Gasteiger partial charge < -0.3 is 14.2 Å². The van der Waals surface area contributed by atoms with Gasteiger partial charge >= 0.3 is 18.1 Å². The van der Waals surface area contributed by atoms with E-state index in [9.17, 15) is 27.6 Å². The molecule has 0 amide bonds. The number of benzene rings is 2. The van der Waals surface area contributed by atoms with E-state index in [1.54, 1.807) is 19.1 Å². The molecule has 1 atom stereocenters. The van der Waals surface area contributed by atoms with Crippen molar-refractivity contribution in [2.24, 2.45) is 4.99 Å². The Kier molecular flexibility index (Phi) is 10.0. The average molecular weight is 753 g/mol. The van der Waals surface area contributed by atoms with Gasteiger partial charge in [0.15, 0.2) is 17.1 Å². The lowest BCUT2D eigenvalue weighted by molar-refractivity contribution is -0.145. The van der Waals surface area contributed by atoms with E-state index in [-0.39, 0.29) is 34.7 Å². The van der Waals surface area contributed by atoms with Crippen LogP contribution in [0, 0.1) is 0 Å². The van der Waals surface area contributed by atoms with Crippen molar-refractivity contribution in [3.05, 3.63) is 92.5 Å². The number of fused-ring (bicyclic) bond motifs is 1. The van der Waals surface area contributed by atoms with Crippen molar-refractivity contribution in [2.45, 2.75) is 26.1 Å². The Hall–Kier alpha value is -2.94. The zero-order chi connectivity index (χ0) is 30.8. The van der Waals surface area contributed by atoms with Crippen LogP contribution in [0.2, 0.25) is 5.02 Å². The fraction of sp³-hybridized carbons (Fsp3) is 0.259. The van der Waals surface area contributed by atoms with Gasteiger partial charge in [0.2, 0.25) is 0 Å². The number of esters is 2. The first-order valence-electron chi connectivity index (χ1n) is 12.2. The molecule has 3 aromatic rings. The predicted molar refractivity (Wildman–Crippen MR) is 156 cm³/mol. The van der Waals surface area contributed by atoms with Crippen LogP contribution in [0.5, 0.6) is 5.75 Å². The van der Waals surface area contributed by atoms with Crippen LogP contribution in [0.1, 0.15) is 31.0 Å². The average Bonchev–Trinajstić information content (AvgIpc) is 3.22.